The van der Waals surface area contributed by atoms with Gasteiger partial charge in [-0.1, -0.05) is 0 Å². The molecule has 6 heteroatoms. The van der Waals surface area contributed by atoms with Crippen LogP contribution in [0.3, 0.4) is 0 Å². The van der Waals surface area contributed by atoms with E-state index in [4.69, 9.17) is 10.00 Å². The minimum atomic E-state index is -0.00564. The molecule has 0 aromatic heterocycles. The molecule has 1 aliphatic heterocycles. The van der Waals surface area contributed by atoms with E-state index in [1.807, 2.05) is 13.1 Å². The number of likely N-dealkylation sites (N-methyl/N-ethyl adjacent to an activating group) is 1. The van der Waals surface area contributed by atoms with Gasteiger partial charge in [0, 0.05) is 13.1 Å². The molecule has 1 aromatic rings. The summed E-state index contributed by atoms with van der Waals surface area (Å²) in [6.07, 6.45) is 2.02. The van der Waals surface area contributed by atoms with Crippen LogP contribution in [0.4, 0.5) is 0 Å². The van der Waals surface area contributed by atoms with Gasteiger partial charge >= 0.3 is 0 Å². The number of piperidine rings is 1. The molecular weight excluding hydrogens is 302 g/mol. The number of amides is 1. The fourth-order valence-corrected chi connectivity index (χ4v) is 2.46. The average Bonchev–Trinajstić information content (AvgIpc) is 2.53. The monoisotopic (exact) mass is 323 g/mol. The van der Waals surface area contributed by atoms with Gasteiger partial charge in [-0.05, 0) is 57.2 Å². The van der Waals surface area contributed by atoms with Crippen LogP contribution in [0, 0.1) is 11.3 Å². The first kappa shape index (κ1) is 18.3. The van der Waals surface area contributed by atoms with Gasteiger partial charge in [-0.2, -0.15) is 5.26 Å². The summed E-state index contributed by atoms with van der Waals surface area (Å²) in [6.45, 7) is 2.09. The predicted molar refractivity (Wildman–Crippen MR) is 87.2 cm³/mol. The van der Waals surface area contributed by atoms with E-state index in [1.165, 1.54) is 0 Å². The topological polar surface area (TPSA) is 56.6 Å². The minimum absolute atomic E-state index is 0. The van der Waals surface area contributed by atoms with Crippen molar-refractivity contribution in [3.8, 4) is 11.8 Å². The van der Waals surface area contributed by atoms with Gasteiger partial charge in [-0.15, -0.1) is 12.4 Å². The Bertz CT molecular complexity index is 519. The van der Waals surface area contributed by atoms with E-state index in [0.717, 1.165) is 25.9 Å². The van der Waals surface area contributed by atoms with Gasteiger partial charge in [-0.25, -0.2) is 0 Å². The normalized spacial score (nSPS) is 15.5. The van der Waals surface area contributed by atoms with Crippen molar-refractivity contribution in [2.24, 2.45) is 0 Å². The number of carbonyl (C=O) groups is 1. The summed E-state index contributed by atoms with van der Waals surface area (Å²) in [4.78, 5) is 16.2. The number of benzene rings is 1. The molecular formula is C16H22ClN3O2. The number of rotatable bonds is 4. The Labute approximate surface area is 137 Å². The van der Waals surface area contributed by atoms with Gasteiger partial charge in [-0.3, -0.25) is 4.79 Å². The molecule has 1 heterocycles. The number of carbonyl (C=O) groups excluding carboxylic acids is 1. The quantitative estimate of drug-likeness (QED) is 0.849. The second-order valence-electron chi connectivity index (χ2n) is 5.46. The maximum atomic E-state index is 12.2. The Morgan fingerprint density at radius 2 is 1.95 bits per heavy atom. The second-order valence-corrected chi connectivity index (χ2v) is 5.46. The van der Waals surface area contributed by atoms with Crippen molar-refractivity contribution in [3.05, 3.63) is 29.8 Å². The lowest BCUT2D eigenvalue weighted by Gasteiger charge is -2.35. The molecule has 1 saturated heterocycles. The smallest absolute Gasteiger partial charge is 0.260 e. The Morgan fingerprint density at radius 1 is 1.36 bits per heavy atom. The molecule has 0 spiro atoms. The van der Waals surface area contributed by atoms with Crippen LogP contribution < -0.4 is 4.74 Å². The maximum Gasteiger partial charge on any atom is 0.260 e. The van der Waals surface area contributed by atoms with Crippen LogP contribution >= 0.6 is 12.4 Å². The summed E-state index contributed by atoms with van der Waals surface area (Å²) >= 11 is 0. The van der Waals surface area contributed by atoms with Gasteiger partial charge in [0.1, 0.15) is 5.75 Å². The predicted octanol–water partition coefficient (Wildman–Crippen LogP) is 1.91. The molecule has 0 unspecified atom stereocenters. The highest BCUT2D eigenvalue weighted by atomic mass is 35.5. The molecule has 0 N–H and O–H groups in total. The van der Waals surface area contributed by atoms with E-state index in [-0.39, 0.29) is 24.9 Å². The molecule has 0 radical (unpaired) electrons. The molecule has 5 nitrogen and oxygen atoms in total. The van der Waals surface area contributed by atoms with Crippen molar-refractivity contribution in [2.45, 2.75) is 18.9 Å². The molecule has 0 saturated carbocycles. The van der Waals surface area contributed by atoms with Crippen LogP contribution in [-0.2, 0) is 4.79 Å². The number of ether oxygens (including phenoxy) is 1. The fourth-order valence-electron chi connectivity index (χ4n) is 2.46. The van der Waals surface area contributed by atoms with Crippen molar-refractivity contribution in [1.29, 1.82) is 5.26 Å². The van der Waals surface area contributed by atoms with Crippen LogP contribution in [0.5, 0.6) is 5.75 Å². The van der Waals surface area contributed by atoms with E-state index in [2.05, 4.69) is 11.9 Å². The SMILES string of the molecule is CN1CCC(N(C)C(=O)COc2ccc(C#N)cc2)CC1.Cl. The zero-order valence-corrected chi connectivity index (χ0v) is 13.8. The molecule has 1 aromatic carbocycles. The van der Waals surface area contributed by atoms with E-state index in [1.54, 1.807) is 29.2 Å². The van der Waals surface area contributed by atoms with Crippen molar-refractivity contribution in [3.63, 3.8) is 0 Å². The lowest BCUT2D eigenvalue weighted by atomic mass is 10.0. The Hall–Kier alpha value is -1.77. The molecule has 2 rings (SSSR count). The van der Waals surface area contributed by atoms with E-state index in [9.17, 15) is 4.79 Å². The van der Waals surface area contributed by atoms with Gasteiger partial charge in [0.2, 0.25) is 0 Å². The number of nitriles is 1. The lowest BCUT2D eigenvalue weighted by Crippen LogP contribution is -2.45. The Morgan fingerprint density at radius 3 is 2.50 bits per heavy atom. The highest BCUT2D eigenvalue weighted by Gasteiger charge is 2.24. The number of hydrogen-bond donors (Lipinski definition) is 0. The third-order valence-corrected chi connectivity index (χ3v) is 3.97. The summed E-state index contributed by atoms with van der Waals surface area (Å²) in [7, 11) is 3.95. The van der Waals surface area contributed by atoms with Crippen LogP contribution in [0.2, 0.25) is 0 Å². The van der Waals surface area contributed by atoms with E-state index < -0.39 is 0 Å². The number of likely N-dealkylation sites (tertiary alicyclic amines) is 1. The lowest BCUT2D eigenvalue weighted by molar-refractivity contribution is -0.134. The summed E-state index contributed by atoms with van der Waals surface area (Å²) in [5, 5.41) is 8.73. The largest absolute Gasteiger partial charge is 0.484 e. The van der Waals surface area contributed by atoms with Crippen LogP contribution in [-0.4, -0.2) is 55.5 Å². The first-order valence-corrected chi connectivity index (χ1v) is 7.17. The highest BCUT2D eigenvalue weighted by Crippen LogP contribution is 2.15. The van der Waals surface area contributed by atoms with E-state index in [0.29, 0.717) is 17.4 Å². The molecule has 1 fully saturated rings. The summed E-state index contributed by atoms with van der Waals surface area (Å²) in [6, 6.07) is 9.13. The van der Waals surface area contributed by atoms with Crippen LogP contribution in [0.25, 0.3) is 0 Å². The fraction of sp³-hybridized carbons (Fsp3) is 0.500. The zero-order valence-electron chi connectivity index (χ0n) is 13.0. The molecule has 22 heavy (non-hydrogen) atoms. The van der Waals surface area contributed by atoms with Crippen molar-refractivity contribution in [1.82, 2.24) is 9.80 Å². The molecule has 120 valence electrons. The third kappa shape index (κ3) is 4.90. The Balaban J connectivity index is 0.00000242. The molecule has 0 atom stereocenters. The zero-order chi connectivity index (χ0) is 15.2. The van der Waals surface area contributed by atoms with Crippen molar-refractivity contribution >= 4 is 18.3 Å². The van der Waals surface area contributed by atoms with Gasteiger partial charge in [0.25, 0.3) is 5.91 Å². The number of nitrogens with zero attached hydrogens (tertiary/aromatic N) is 3. The first-order chi connectivity index (χ1) is 10.1. The summed E-state index contributed by atoms with van der Waals surface area (Å²) < 4.78 is 5.49. The summed E-state index contributed by atoms with van der Waals surface area (Å²) in [5.41, 5.74) is 0.581. The van der Waals surface area contributed by atoms with Gasteiger partial charge in [0.05, 0.1) is 11.6 Å². The van der Waals surface area contributed by atoms with Crippen LogP contribution in [0.15, 0.2) is 24.3 Å². The maximum absolute atomic E-state index is 12.2. The summed E-state index contributed by atoms with van der Waals surface area (Å²) in [5.74, 6) is 0.605. The number of hydrogen-bond acceptors (Lipinski definition) is 4. The third-order valence-electron chi connectivity index (χ3n) is 3.97. The van der Waals surface area contributed by atoms with Gasteiger partial charge in [0.15, 0.2) is 6.61 Å². The van der Waals surface area contributed by atoms with Crippen molar-refractivity contribution < 1.29 is 9.53 Å². The molecule has 0 bridgehead atoms. The minimum Gasteiger partial charge on any atom is -0.484 e. The first-order valence-electron chi connectivity index (χ1n) is 7.17. The van der Waals surface area contributed by atoms with E-state index >= 15 is 0 Å². The Kier molecular flexibility index (Phi) is 7.16. The standard InChI is InChI=1S/C16H21N3O2.ClH/c1-18-9-7-14(8-10-18)19(2)16(20)12-21-15-5-3-13(11-17)4-6-15;/h3-6,14H,7-10,12H2,1-2H3;1H. The molecule has 0 aliphatic carbocycles. The second kappa shape index (κ2) is 8.62. The molecule has 1 aliphatic rings. The molecule has 1 amide bonds. The number of halogens is 1. The van der Waals surface area contributed by atoms with Crippen LogP contribution in [0.1, 0.15) is 18.4 Å². The van der Waals surface area contributed by atoms with Gasteiger partial charge < -0.3 is 14.5 Å². The van der Waals surface area contributed by atoms with Crippen molar-refractivity contribution in [2.75, 3.05) is 33.8 Å². The average molecular weight is 324 g/mol. The highest BCUT2D eigenvalue weighted by molar-refractivity contribution is 5.85.